The van der Waals surface area contributed by atoms with Crippen molar-refractivity contribution in [2.24, 2.45) is 0 Å². The van der Waals surface area contributed by atoms with E-state index in [1.165, 1.54) is 0 Å². The minimum atomic E-state index is -0.890. The van der Waals surface area contributed by atoms with Gasteiger partial charge in [-0.1, -0.05) is 36.4 Å². The monoisotopic (exact) mass is 614 g/mol. The van der Waals surface area contributed by atoms with Crippen molar-refractivity contribution in [3.63, 3.8) is 0 Å². The standard InChI is InChI=1S/C34H36F2N6O3/c35-23-16-34(12-5-14-42(34)18-23)20-45-32-39-30-26-17-37-29(28(30)36)25-11-2-8-21-6-1-7-22(27(21)25)9-4-15-44-33(43)38-24-10-3-13-41(19-24)31(26)40-32/h1-2,6-8,11,17,23-24H,3-5,9-10,12-16,18-20H2,(H,38,43)/t23-,24-,34+/m1/s1. The molecule has 0 saturated carbocycles. The number of aromatic nitrogens is 3. The van der Waals surface area contributed by atoms with E-state index in [9.17, 15) is 9.18 Å². The number of hydrogen-bond acceptors (Lipinski definition) is 8. The van der Waals surface area contributed by atoms with Gasteiger partial charge in [-0.3, -0.25) is 9.88 Å². The number of ether oxygens (including phenoxy) is 2. The molecule has 7 heterocycles. The number of benzene rings is 2. The maximum atomic E-state index is 16.8. The van der Waals surface area contributed by atoms with Gasteiger partial charge in [0.05, 0.1) is 17.5 Å². The summed E-state index contributed by atoms with van der Waals surface area (Å²) in [4.78, 5) is 31.1. The highest BCUT2D eigenvalue weighted by Gasteiger charge is 2.49. The van der Waals surface area contributed by atoms with Gasteiger partial charge in [0.2, 0.25) is 0 Å². The highest BCUT2D eigenvalue weighted by atomic mass is 19.1. The highest BCUT2D eigenvalue weighted by molar-refractivity contribution is 6.00. The first-order chi connectivity index (χ1) is 22.0. The SMILES string of the molecule is O=C1N[C@@H]2CCCN(C2)c2nc(OC[C@@]34CCCN3C[C@H](F)C4)nc3c(F)c(ncc23)-c2cccc3cccc(c23)CCCO1. The number of alkyl carbamates (subject to hydrolysis) is 1. The molecule has 3 atom stereocenters. The first-order valence-corrected chi connectivity index (χ1v) is 16.0. The zero-order chi connectivity index (χ0) is 30.5. The molecule has 5 aliphatic heterocycles. The number of carbonyl (C=O) groups excluding carboxylic acids is 1. The number of nitrogens with zero attached hydrogens (tertiary/aromatic N) is 5. The molecule has 45 heavy (non-hydrogen) atoms. The van der Waals surface area contributed by atoms with E-state index < -0.39 is 23.6 Å². The van der Waals surface area contributed by atoms with Crippen molar-refractivity contribution in [2.75, 3.05) is 44.3 Å². The van der Waals surface area contributed by atoms with E-state index in [-0.39, 0.29) is 36.5 Å². The van der Waals surface area contributed by atoms with Crippen LogP contribution in [0.2, 0.25) is 0 Å². The lowest BCUT2D eigenvalue weighted by Crippen LogP contribution is -2.48. The van der Waals surface area contributed by atoms with Gasteiger partial charge in [-0.2, -0.15) is 9.97 Å². The number of nitrogens with one attached hydrogen (secondary N) is 1. The van der Waals surface area contributed by atoms with Crippen molar-refractivity contribution in [2.45, 2.75) is 62.7 Å². The predicted molar refractivity (Wildman–Crippen MR) is 167 cm³/mol. The Balaban J connectivity index is 1.28. The molecule has 0 unspecified atom stereocenters. The van der Waals surface area contributed by atoms with Crippen LogP contribution in [-0.4, -0.2) is 83.1 Å². The molecule has 2 aromatic carbocycles. The Kier molecular flexibility index (Phi) is 7.15. The number of alkyl halides is 1. The van der Waals surface area contributed by atoms with Crippen molar-refractivity contribution >= 4 is 33.6 Å². The van der Waals surface area contributed by atoms with Crippen LogP contribution in [0.25, 0.3) is 32.9 Å². The van der Waals surface area contributed by atoms with Crippen molar-refractivity contribution in [3.05, 3.63) is 54.0 Å². The van der Waals surface area contributed by atoms with E-state index in [0.717, 1.165) is 48.6 Å². The molecule has 6 bridgehead atoms. The van der Waals surface area contributed by atoms with E-state index in [1.54, 1.807) is 6.20 Å². The second kappa shape index (κ2) is 11.3. The highest BCUT2D eigenvalue weighted by Crippen LogP contribution is 2.41. The summed E-state index contributed by atoms with van der Waals surface area (Å²) in [6.07, 6.45) is 5.42. The Labute approximate surface area is 259 Å². The first kappa shape index (κ1) is 28.4. The number of anilines is 1. The molecular formula is C34H36F2N6O3. The predicted octanol–water partition coefficient (Wildman–Crippen LogP) is 5.58. The summed E-state index contributed by atoms with van der Waals surface area (Å²) in [5.74, 6) is -0.0329. The molecule has 11 heteroatoms. The van der Waals surface area contributed by atoms with Crippen LogP contribution in [0.1, 0.15) is 44.1 Å². The average Bonchev–Trinajstić information content (AvgIpc) is 3.57. The first-order valence-electron chi connectivity index (χ1n) is 16.0. The van der Waals surface area contributed by atoms with Crippen LogP contribution < -0.4 is 15.0 Å². The zero-order valence-electron chi connectivity index (χ0n) is 25.1. The number of halogens is 2. The average molecular weight is 615 g/mol. The number of rotatable bonds is 3. The number of pyridine rings is 1. The topological polar surface area (TPSA) is 92.7 Å². The van der Waals surface area contributed by atoms with Gasteiger partial charge in [0.1, 0.15) is 29.8 Å². The number of carbonyl (C=O) groups is 1. The Morgan fingerprint density at radius 1 is 1.09 bits per heavy atom. The summed E-state index contributed by atoms with van der Waals surface area (Å²) in [5, 5.41) is 5.37. The summed E-state index contributed by atoms with van der Waals surface area (Å²) < 4.78 is 43.2. The van der Waals surface area contributed by atoms with Crippen LogP contribution >= 0.6 is 0 Å². The normalized spacial score (nSPS) is 25.4. The third-order valence-corrected chi connectivity index (χ3v) is 9.99. The summed E-state index contributed by atoms with van der Waals surface area (Å²) in [5.41, 5.74) is 1.64. The van der Waals surface area contributed by atoms with Crippen LogP contribution in [0.15, 0.2) is 42.6 Å². The summed E-state index contributed by atoms with van der Waals surface area (Å²) >= 11 is 0. The lowest BCUT2D eigenvalue weighted by Gasteiger charge is -2.34. The zero-order valence-corrected chi connectivity index (χ0v) is 25.1. The molecule has 5 aliphatic rings. The van der Waals surface area contributed by atoms with Crippen molar-refractivity contribution < 1.29 is 23.0 Å². The fourth-order valence-electron chi connectivity index (χ4n) is 7.91. The van der Waals surface area contributed by atoms with Crippen molar-refractivity contribution in [1.82, 2.24) is 25.2 Å². The molecule has 9 rings (SSSR count). The molecule has 0 aliphatic carbocycles. The largest absolute Gasteiger partial charge is 0.461 e. The third kappa shape index (κ3) is 5.10. The molecule has 3 saturated heterocycles. The fourth-order valence-corrected chi connectivity index (χ4v) is 7.91. The van der Waals surface area contributed by atoms with E-state index in [4.69, 9.17) is 19.4 Å². The molecule has 9 nitrogen and oxygen atoms in total. The minimum absolute atomic E-state index is 0.0584. The van der Waals surface area contributed by atoms with Crippen LogP contribution in [0.4, 0.5) is 19.4 Å². The lowest BCUT2D eigenvalue weighted by atomic mass is 9.94. The van der Waals surface area contributed by atoms with Gasteiger partial charge in [-0.05, 0) is 61.4 Å². The van der Waals surface area contributed by atoms with Gasteiger partial charge >= 0.3 is 12.1 Å². The fraction of sp³-hybridized carbons (Fsp3) is 0.471. The number of amides is 1. The Hall–Kier alpha value is -4.12. The smallest absolute Gasteiger partial charge is 0.407 e. The van der Waals surface area contributed by atoms with Crippen LogP contribution in [0.5, 0.6) is 6.01 Å². The Morgan fingerprint density at radius 3 is 2.89 bits per heavy atom. The minimum Gasteiger partial charge on any atom is -0.461 e. The summed E-state index contributed by atoms with van der Waals surface area (Å²) in [6.45, 7) is 2.89. The number of hydrogen-bond donors (Lipinski definition) is 1. The second-order valence-corrected chi connectivity index (χ2v) is 12.9. The molecule has 1 amide bonds. The number of piperidine rings is 1. The van der Waals surface area contributed by atoms with Crippen LogP contribution in [-0.2, 0) is 11.2 Å². The molecule has 3 fully saturated rings. The number of fused-ring (bicyclic) bond motifs is 7. The summed E-state index contributed by atoms with van der Waals surface area (Å²) in [6, 6.07) is 11.7. The molecular weight excluding hydrogens is 578 g/mol. The van der Waals surface area contributed by atoms with E-state index in [1.807, 2.05) is 41.3 Å². The lowest BCUT2D eigenvalue weighted by molar-refractivity contribution is 0.107. The molecule has 4 aromatic rings. The second-order valence-electron chi connectivity index (χ2n) is 12.9. The maximum Gasteiger partial charge on any atom is 0.407 e. The number of aryl methyl sites for hydroxylation is 1. The van der Waals surface area contributed by atoms with Crippen molar-refractivity contribution in [1.29, 1.82) is 0 Å². The summed E-state index contributed by atoms with van der Waals surface area (Å²) in [7, 11) is 0. The Morgan fingerprint density at radius 2 is 1.98 bits per heavy atom. The van der Waals surface area contributed by atoms with Gasteiger partial charge in [0.15, 0.2) is 5.82 Å². The molecule has 234 valence electrons. The van der Waals surface area contributed by atoms with Crippen molar-refractivity contribution in [3.8, 4) is 17.3 Å². The molecule has 1 N–H and O–H groups in total. The van der Waals surface area contributed by atoms with E-state index >= 15 is 4.39 Å². The quantitative estimate of drug-likeness (QED) is 0.320. The molecule has 2 aromatic heterocycles. The van der Waals surface area contributed by atoms with Crippen LogP contribution in [0, 0.1) is 5.82 Å². The van der Waals surface area contributed by atoms with E-state index in [0.29, 0.717) is 55.7 Å². The van der Waals surface area contributed by atoms with Gasteiger partial charge in [-0.15, -0.1) is 0 Å². The van der Waals surface area contributed by atoms with Gasteiger partial charge in [-0.25, -0.2) is 13.6 Å². The van der Waals surface area contributed by atoms with E-state index in [2.05, 4.69) is 15.2 Å². The Bertz CT molecular complexity index is 1780. The molecule has 0 radical (unpaired) electrons. The van der Waals surface area contributed by atoms with Gasteiger partial charge < -0.3 is 19.7 Å². The van der Waals surface area contributed by atoms with Gasteiger partial charge in [0, 0.05) is 43.9 Å². The third-order valence-electron chi connectivity index (χ3n) is 9.99. The van der Waals surface area contributed by atoms with Gasteiger partial charge in [0.25, 0.3) is 0 Å². The maximum absolute atomic E-state index is 16.8. The molecule has 0 spiro atoms. The van der Waals surface area contributed by atoms with Crippen LogP contribution in [0.3, 0.4) is 0 Å².